The van der Waals surface area contributed by atoms with Crippen LogP contribution in [0.2, 0.25) is 0 Å². The van der Waals surface area contributed by atoms with E-state index in [4.69, 9.17) is 5.11 Å². The monoisotopic (exact) mass is 184 g/mol. The van der Waals surface area contributed by atoms with Crippen LogP contribution in [-0.4, -0.2) is 48.3 Å². The van der Waals surface area contributed by atoms with Gasteiger partial charge >= 0.3 is 0 Å². The molecule has 2 heterocycles. The van der Waals surface area contributed by atoms with Gasteiger partial charge in [-0.25, -0.2) is 0 Å². The van der Waals surface area contributed by atoms with E-state index in [1.165, 1.54) is 32.4 Å². The number of nitrogens with zero attached hydrogens (tertiary/aromatic N) is 1. The van der Waals surface area contributed by atoms with E-state index in [0.717, 1.165) is 6.42 Å². The first-order valence-electron chi connectivity index (χ1n) is 5.36. The van der Waals surface area contributed by atoms with Gasteiger partial charge in [-0.1, -0.05) is 0 Å². The second kappa shape index (κ2) is 3.56. The average molecular weight is 184 g/mol. The Morgan fingerprint density at radius 1 is 1.54 bits per heavy atom. The number of likely N-dealkylation sites (N-methyl/N-ethyl adjacent to an activating group) is 1. The molecule has 0 radical (unpaired) electrons. The Morgan fingerprint density at radius 2 is 2.38 bits per heavy atom. The van der Waals surface area contributed by atoms with E-state index < -0.39 is 0 Å². The molecule has 0 aromatic rings. The summed E-state index contributed by atoms with van der Waals surface area (Å²) in [7, 11) is 2.04. The zero-order valence-electron chi connectivity index (χ0n) is 8.42. The summed E-state index contributed by atoms with van der Waals surface area (Å²) in [6.45, 7) is 2.79. The Morgan fingerprint density at radius 3 is 3.08 bits per heavy atom. The van der Waals surface area contributed by atoms with Crippen LogP contribution in [0, 0.1) is 0 Å². The van der Waals surface area contributed by atoms with Crippen molar-refractivity contribution in [1.82, 2.24) is 10.2 Å². The van der Waals surface area contributed by atoms with E-state index in [0.29, 0.717) is 12.6 Å². The fourth-order valence-electron chi connectivity index (χ4n) is 3.14. The van der Waals surface area contributed by atoms with Gasteiger partial charge in [0, 0.05) is 24.7 Å². The van der Waals surface area contributed by atoms with E-state index in [1.54, 1.807) is 0 Å². The lowest BCUT2D eigenvalue weighted by atomic mass is 9.86. The van der Waals surface area contributed by atoms with Crippen molar-refractivity contribution in [2.45, 2.75) is 37.3 Å². The molecule has 0 spiro atoms. The minimum absolute atomic E-state index is 0.214. The number of rotatable bonds is 3. The summed E-state index contributed by atoms with van der Waals surface area (Å²) < 4.78 is 0. The van der Waals surface area contributed by atoms with Gasteiger partial charge in [-0.05, 0) is 39.3 Å². The van der Waals surface area contributed by atoms with Gasteiger partial charge in [0.2, 0.25) is 0 Å². The topological polar surface area (TPSA) is 35.5 Å². The van der Waals surface area contributed by atoms with Crippen LogP contribution < -0.4 is 5.32 Å². The van der Waals surface area contributed by atoms with Crippen LogP contribution in [0.1, 0.15) is 25.7 Å². The smallest absolute Gasteiger partial charge is 0.0449 e. The van der Waals surface area contributed by atoms with Crippen molar-refractivity contribution < 1.29 is 5.11 Å². The molecule has 0 aromatic carbocycles. The van der Waals surface area contributed by atoms with Crippen LogP contribution in [0.25, 0.3) is 0 Å². The van der Waals surface area contributed by atoms with E-state index in [2.05, 4.69) is 10.2 Å². The van der Waals surface area contributed by atoms with E-state index >= 15 is 0 Å². The summed E-state index contributed by atoms with van der Waals surface area (Å²) in [5, 5.41) is 12.5. The lowest BCUT2D eigenvalue weighted by Gasteiger charge is -2.34. The van der Waals surface area contributed by atoms with E-state index in [1.807, 2.05) is 7.05 Å². The lowest BCUT2D eigenvalue weighted by molar-refractivity contribution is 0.176. The van der Waals surface area contributed by atoms with Gasteiger partial charge in [0.1, 0.15) is 0 Å². The van der Waals surface area contributed by atoms with Crippen molar-refractivity contribution in [2.75, 3.05) is 26.7 Å². The van der Waals surface area contributed by atoms with Crippen molar-refractivity contribution >= 4 is 0 Å². The molecule has 2 saturated heterocycles. The fourth-order valence-corrected chi connectivity index (χ4v) is 3.14. The normalized spacial score (nSPS) is 39.7. The minimum Gasteiger partial charge on any atom is -0.396 e. The Bertz CT molecular complexity index is 182. The predicted octanol–water partition coefficient (Wildman–Crippen LogP) is 0.195. The molecule has 2 N–H and O–H groups in total. The largest absolute Gasteiger partial charge is 0.396 e. The Kier molecular flexibility index (Phi) is 2.58. The predicted molar refractivity (Wildman–Crippen MR) is 52.7 cm³/mol. The number of aliphatic hydroxyl groups excluding tert-OH is 1. The molecule has 2 unspecified atom stereocenters. The third kappa shape index (κ3) is 1.39. The van der Waals surface area contributed by atoms with Gasteiger partial charge in [-0.15, -0.1) is 0 Å². The first kappa shape index (κ1) is 9.44. The molecule has 0 saturated carbocycles. The maximum Gasteiger partial charge on any atom is 0.0449 e. The summed E-state index contributed by atoms with van der Waals surface area (Å²) >= 11 is 0. The average Bonchev–Trinajstić information content (AvgIpc) is 2.69. The number of aliphatic hydroxyl groups is 1. The van der Waals surface area contributed by atoms with Crippen molar-refractivity contribution in [1.29, 1.82) is 0 Å². The van der Waals surface area contributed by atoms with Crippen LogP contribution in [0.5, 0.6) is 0 Å². The highest BCUT2D eigenvalue weighted by molar-refractivity contribution is 5.07. The quantitative estimate of drug-likeness (QED) is 0.657. The molecule has 2 aliphatic rings. The summed E-state index contributed by atoms with van der Waals surface area (Å²) in [6, 6.07) is 0.685. The number of hydrogen-bond acceptors (Lipinski definition) is 3. The van der Waals surface area contributed by atoms with Crippen molar-refractivity contribution in [3.63, 3.8) is 0 Å². The van der Waals surface area contributed by atoms with Crippen LogP contribution in [0.15, 0.2) is 0 Å². The zero-order chi connectivity index (χ0) is 9.31. The third-order valence-electron chi connectivity index (χ3n) is 3.90. The summed E-state index contributed by atoms with van der Waals surface area (Å²) in [4.78, 5) is 2.58. The second-order valence-electron chi connectivity index (χ2n) is 4.32. The van der Waals surface area contributed by atoms with E-state index in [-0.39, 0.29) is 5.54 Å². The maximum atomic E-state index is 9.08. The van der Waals surface area contributed by atoms with Crippen molar-refractivity contribution in [3.8, 4) is 0 Å². The molecule has 13 heavy (non-hydrogen) atoms. The Balaban J connectivity index is 2.11. The SMILES string of the molecule is CNC1(CCO)CCN2CCCC21. The van der Waals surface area contributed by atoms with Crippen molar-refractivity contribution in [3.05, 3.63) is 0 Å². The van der Waals surface area contributed by atoms with E-state index in [9.17, 15) is 0 Å². The maximum absolute atomic E-state index is 9.08. The molecule has 2 rings (SSSR count). The highest BCUT2D eigenvalue weighted by Crippen LogP contribution is 2.37. The van der Waals surface area contributed by atoms with Gasteiger partial charge < -0.3 is 10.4 Å². The van der Waals surface area contributed by atoms with Gasteiger partial charge in [0.05, 0.1) is 0 Å². The highest BCUT2D eigenvalue weighted by Gasteiger charge is 2.47. The molecule has 0 amide bonds. The molecule has 76 valence electrons. The molecule has 0 aliphatic carbocycles. The van der Waals surface area contributed by atoms with Gasteiger partial charge in [-0.2, -0.15) is 0 Å². The first-order valence-corrected chi connectivity index (χ1v) is 5.36. The van der Waals surface area contributed by atoms with Gasteiger partial charge in [0.15, 0.2) is 0 Å². The number of hydrogen-bond donors (Lipinski definition) is 2. The van der Waals surface area contributed by atoms with Crippen LogP contribution in [0.3, 0.4) is 0 Å². The fraction of sp³-hybridized carbons (Fsp3) is 1.00. The van der Waals surface area contributed by atoms with Gasteiger partial charge in [-0.3, -0.25) is 4.90 Å². The molecule has 3 heteroatoms. The molecular weight excluding hydrogens is 164 g/mol. The van der Waals surface area contributed by atoms with Gasteiger partial charge in [0.25, 0.3) is 0 Å². The second-order valence-corrected chi connectivity index (χ2v) is 4.32. The van der Waals surface area contributed by atoms with Crippen LogP contribution >= 0.6 is 0 Å². The lowest BCUT2D eigenvalue weighted by Crippen LogP contribution is -2.51. The molecule has 3 nitrogen and oxygen atoms in total. The third-order valence-corrected chi connectivity index (χ3v) is 3.90. The molecule has 0 aromatic heterocycles. The summed E-state index contributed by atoms with van der Waals surface area (Å²) in [6.07, 6.45) is 4.75. The molecule has 0 bridgehead atoms. The number of fused-ring (bicyclic) bond motifs is 1. The van der Waals surface area contributed by atoms with Crippen molar-refractivity contribution in [2.24, 2.45) is 0 Å². The first-order chi connectivity index (χ1) is 6.32. The Hall–Kier alpha value is -0.120. The molecule has 2 aliphatic heterocycles. The Labute approximate surface area is 80.1 Å². The zero-order valence-corrected chi connectivity index (χ0v) is 8.42. The number of nitrogens with one attached hydrogen (secondary N) is 1. The van der Waals surface area contributed by atoms with Crippen LogP contribution in [0.4, 0.5) is 0 Å². The summed E-state index contributed by atoms with van der Waals surface area (Å²) in [5.41, 5.74) is 0.214. The molecular formula is C10H20N2O. The van der Waals surface area contributed by atoms with Crippen LogP contribution in [-0.2, 0) is 0 Å². The standard InChI is InChI=1S/C10H20N2O/c1-11-10(5-8-13)4-7-12-6-2-3-9(10)12/h9,11,13H,2-8H2,1H3. The molecule has 2 atom stereocenters. The highest BCUT2D eigenvalue weighted by atomic mass is 16.3. The minimum atomic E-state index is 0.214. The summed E-state index contributed by atoms with van der Waals surface area (Å²) in [5.74, 6) is 0. The molecule has 2 fully saturated rings.